The van der Waals surface area contributed by atoms with Crippen LogP contribution in [0, 0.1) is 0 Å². The largest absolute Gasteiger partial charge is 0.493 e. The maximum Gasteiger partial charge on any atom is 0.232 e. The molecule has 0 bridgehead atoms. The van der Waals surface area contributed by atoms with Crippen molar-refractivity contribution < 1.29 is 9.26 Å². The normalized spacial score (nSPS) is 17.0. The number of nitrogens with zero attached hydrogens (tertiary/aromatic N) is 4. The summed E-state index contributed by atoms with van der Waals surface area (Å²) in [6.45, 7) is 0.674. The van der Waals surface area contributed by atoms with Crippen LogP contribution in [0.4, 0.5) is 0 Å². The number of imidazole rings is 1. The number of hydrogen-bond donors (Lipinski definition) is 0. The molecule has 0 aliphatic carbocycles. The molecule has 0 amide bonds. The van der Waals surface area contributed by atoms with E-state index in [1.165, 1.54) is 0 Å². The smallest absolute Gasteiger partial charge is 0.232 e. The van der Waals surface area contributed by atoms with Gasteiger partial charge in [0, 0.05) is 24.5 Å². The summed E-state index contributed by atoms with van der Waals surface area (Å²) in [6.07, 6.45) is 5.03. The Bertz CT molecular complexity index is 793. The fraction of sp³-hybridized carbons (Fsp3) is 0.312. The van der Waals surface area contributed by atoms with E-state index in [0.717, 1.165) is 29.3 Å². The summed E-state index contributed by atoms with van der Waals surface area (Å²) in [4.78, 5) is 8.68. The molecule has 112 valence electrons. The molecule has 6 heteroatoms. The molecule has 1 aliphatic heterocycles. The molecule has 3 heterocycles. The van der Waals surface area contributed by atoms with Gasteiger partial charge in [-0.15, -0.1) is 0 Å². The number of para-hydroxylation sites is 1. The minimum Gasteiger partial charge on any atom is -0.493 e. The molecule has 1 unspecified atom stereocenters. The lowest BCUT2D eigenvalue weighted by Gasteiger charge is -2.23. The van der Waals surface area contributed by atoms with Crippen LogP contribution in [0.2, 0.25) is 0 Å². The van der Waals surface area contributed by atoms with Gasteiger partial charge in [0.15, 0.2) is 5.82 Å². The quantitative estimate of drug-likeness (QED) is 0.742. The lowest BCUT2D eigenvalue weighted by Crippen LogP contribution is -2.16. The predicted molar refractivity (Wildman–Crippen MR) is 78.7 cm³/mol. The van der Waals surface area contributed by atoms with Crippen molar-refractivity contribution in [2.45, 2.75) is 18.8 Å². The minimum absolute atomic E-state index is 0.133. The molecule has 1 aliphatic rings. The van der Waals surface area contributed by atoms with Gasteiger partial charge in [-0.3, -0.25) is 0 Å². The van der Waals surface area contributed by atoms with E-state index in [9.17, 15) is 0 Å². The number of hydrogen-bond acceptors (Lipinski definition) is 5. The van der Waals surface area contributed by atoms with E-state index < -0.39 is 0 Å². The van der Waals surface area contributed by atoms with Gasteiger partial charge in [0.2, 0.25) is 5.89 Å². The van der Waals surface area contributed by atoms with Gasteiger partial charge >= 0.3 is 0 Å². The van der Waals surface area contributed by atoms with Gasteiger partial charge in [0.25, 0.3) is 0 Å². The fourth-order valence-corrected chi connectivity index (χ4v) is 2.80. The molecule has 1 aromatic carbocycles. The van der Waals surface area contributed by atoms with Crippen molar-refractivity contribution in [2.75, 3.05) is 6.61 Å². The van der Waals surface area contributed by atoms with Crippen LogP contribution in [0.25, 0.3) is 0 Å². The second-order valence-electron chi connectivity index (χ2n) is 5.45. The zero-order chi connectivity index (χ0) is 14.9. The Morgan fingerprint density at radius 3 is 3.09 bits per heavy atom. The number of aromatic nitrogens is 4. The van der Waals surface area contributed by atoms with Crippen LogP contribution in [0.1, 0.15) is 35.3 Å². The highest BCUT2D eigenvalue weighted by atomic mass is 16.5. The van der Waals surface area contributed by atoms with E-state index in [0.29, 0.717) is 18.9 Å². The van der Waals surface area contributed by atoms with Crippen LogP contribution < -0.4 is 4.74 Å². The van der Waals surface area contributed by atoms with Crippen molar-refractivity contribution in [1.82, 2.24) is 19.7 Å². The molecule has 22 heavy (non-hydrogen) atoms. The standard InChI is InChI=1S/C16H16N4O2/c1-20-10-17-9-11(20)8-15-18-16(19-22-15)13-6-7-21-14-5-3-2-4-12(13)14/h2-5,9-10,13H,6-8H2,1H3. The number of ether oxygens (including phenoxy) is 1. The molecule has 4 rings (SSSR count). The predicted octanol–water partition coefficient (Wildman–Crippen LogP) is 2.31. The summed E-state index contributed by atoms with van der Waals surface area (Å²) in [5.74, 6) is 2.39. The Balaban J connectivity index is 1.61. The van der Waals surface area contributed by atoms with Crippen molar-refractivity contribution in [2.24, 2.45) is 7.05 Å². The number of aryl methyl sites for hydroxylation is 1. The molecule has 2 aromatic heterocycles. The molecule has 0 saturated heterocycles. The van der Waals surface area contributed by atoms with Crippen molar-refractivity contribution in [3.8, 4) is 5.75 Å². The summed E-state index contributed by atoms with van der Waals surface area (Å²) in [5, 5.41) is 4.18. The Morgan fingerprint density at radius 1 is 1.32 bits per heavy atom. The van der Waals surface area contributed by atoms with Crippen molar-refractivity contribution in [3.63, 3.8) is 0 Å². The molecule has 3 aromatic rings. The first-order chi connectivity index (χ1) is 10.8. The second kappa shape index (κ2) is 5.29. The Hall–Kier alpha value is -2.63. The van der Waals surface area contributed by atoms with E-state index in [-0.39, 0.29) is 5.92 Å². The van der Waals surface area contributed by atoms with Gasteiger partial charge in [-0.2, -0.15) is 4.98 Å². The highest BCUT2D eigenvalue weighted by Gasteiger charge is 2.27. The van der Waals surface area contributed by atoms with Crippen LogP contribution >= 0.6 is 0 Å². The topological polar surface area (TPSA) is 66.0 Å². The van der Waals surface area contributed by atoms with E-state index in [1.54, 1.807) is 6.33 Å². The van der Waals surface area contributed by atoms with Crippen molar-refractivity contribution >= 4 is 0 Å². The van der Waals surface area contributed by atoms with E-state index in [4.69, 9.17) is 9.26 Å². The van der Waals surface area contributed by atoms with Crippen molar-refractivity contribution in [1.29, 1.82) is 0 Å². The molecular weight excluding hydrogens is 280 g/mol. The highest BCUT2D eigenvalue weighted by molar-refractivity contribution is 5.40. The summed E-state index contributed by atoms with van der Waals surface area (Å²) < 4.78 is 13.1. The molecule has 0 fully saturated rings. The molecule has 0 saturated carbocycles. The van der Waals surface area contributed by atoms with Crippen LogP contribution in [0.3, 0.4) is 0 Å². The second-order valence-corrected chi connectivity index (χ2v) is 5.45. The summed E-state index contributed by atoms with van der Waals surface area (Å²) in [6, 6.07) is 8.04. The minimum atomic E-state index is 0.133. The van der Waals surface area contributed by atoms with Gasteiger partial charge in [0.1, 0.15) is 5.75 Å². The van der Waals surface area contributed by atoms with E-state index in [2.05, 4.69) is 21.2 Å². The molecular formula is C16H16N4O2. The SMILES string of the molecule is Cn1cncc1Cc1nc(C2CCOc3ccccc32)no1. The average Bonchev–Trinajstić information content (AvgIpc) is 3.17. The zero-order valence-electron chi connectivity index (χ0n) is 12.3. The number of fused-ring (bicyclic) bond motifs is 1. The lowest BCUT2D eigenvalue weighted by atomic mass is 9.92. The molecule has 6 nitrogen and oxygen atoms in total. The zero-order valence-corrected chi connectivity index (χ0v) is 12.3. The third kappa shape index (κ3) is 2.26. The van der Waals surface area contributed by atoms with E-state index in [1.807, 2.05) is 36.0 Å². The van der Waals surface area contributed by atoms with Crippen LogP contribution in [0.15, 0.2) is 41.3 Å². The Morgan fingerprint density at radius 2 is 2.23 bits per heavy atom. The molecule has 1 atom stereocenters. The lowest BCUT2D eigenvalue weighted by molar-refractivity contribution is 0.272. The summed E-state index contributed by atoms with van der Waals surface area (Å²) in [5.41, 5.74) is 2.17. The first kappa shape index (κ1) is 13.1. The molecule has 0 spiro atoms. The first-order valence-electron chi connectivity index (χ1n) is 7.30. The first-order valence-corrected chi connectivity index (χ1v) is 7.30. The van der Waals surface area contributed by atoms with Crippen LogP contribution in [0.5, 0.6) is 5.75 Å². The van der Waals surface area contributed by atoms with E-state index >= 15 is 0 Å². The fourth-order valence-electron chi connectivity index (χ4n) is 2.80. The number of benzene rings is 1. The summed E-state index contributed by atoms with van der Waals surface area (Å²) >= 11 is 0. The van der Waals surface area contributed by atoms with Gasteiger partial charge < -0.3 is 13.8 Å². The van der Waals surface area contributed by atoms with Gasteiger partial charge in [0.05, 0.1) is 25.3 Å². The van der Waals surface area contributed by atoms with Crippen molar-refractivity contribution in [3.05, 3.63) is 59.8 Å². The third-order valence-electron chi connectivity index (χ3n) is 4.00. The van der Waals surface area contributed by atoms with Gasteiger partial charge in [-0.1, -0.05) is 23.4 Å². The Kier molecular flexibility index (Phi) is 3.14. The maximum absolute atomic E-state index is 5.69. The highest BCUT2D eigenvalue weighted by Crippen LogP contribution is 2.36. The summed E-state index contributed by atoms with van der Waals surface area (Å²) in [7, 11) is 1.95. The average molecular weight is 296 g/mol. The molecule has 0 N–H and O–H groups in total. The molecule has 0 radical (unpaired) electrons. The van der Waals surface area contributed by atoms with Crippen LogP contribution in [-0.2, 0) is 13.5 Å². The monoisotopic (exact) mass is 296 g/mol. The van der Waals surface area contributed by atoms with Gasteiger partial charge in [-0.25, -0.2) is 4.98 Å². The van der Waals surface area contributed by atoms with Gasteiger partial charge in [-0.05, 0) is 12.5 Å². The van der Waals surface area contributed by atoms with Crippen LogP contribution in [-0.4, -0.2) is 26.3 Å². The Labute approximate surface area is 127 Å². The number of rotatable bonds is 3. The third-order valence-corrected chi connectivity index (χ3v) is 4.00. The maximum atomic E-state index is 5.69.